The molecule has 2 nitrogen and oxygen atoms in total. The highest BCUT2D eigenvalue weighted by Gasteiger charge is 2.46. The first-order chi connectivity index (χ1) is 7.13. The molecule has 1 fully saturated rings. The van der Waals surface area contributed by atoms with E-state index in [4.69, 9.17) is 0 Å². The summed E-state index contributed by atoms with van der Waals surface area (Å²) in [5.74, 6) is -0.212. The van der Waals surface area contributed by atoms with Crippen LogP contribution in [0.1, 0.15) is 31.1 Å². The van der Waals surface area contributed by atoms with Crippen LogP contribution < -0.4 is 0 Å². The van der Waals surface area contributed by atoms with Gasteiger partial charge in [-0.25, -0.2) is 0 Å². The van der Waals surface area contributed by atoms with E-state index in [0.29, 0.717) is 5.92 Å². The third-order valence-corrected chi connectivity index (χ3v) is 4.37. The van der Waals surface area contributed by atoms with Gasteiger partial charge >= 0.3 is 5.97 Å². The van der Waals surface area contributed by atoms with Crippen molar-refractivity contribution in [3.8, 4) is 0 Å². The smallest absolute Gasteiger partial charge is 0.309 e. The van der Waals surface area contributed by atoms with Gasteiger partial charge in [-0.3, -0.25) is 4.79 Å². The molecule has 0 spiro atoms. The number of hydrogen-bond donors (Lipinski definition) is 1. The zero-order valence-corrected chi connectivity index (χ0v) is 9.72. The average molecular weight is 224 g/mol. The third-order valence-electron chi connectivity index (χ3n) is 3.44. The van der Waals surface area contributed by atoms with E-state index in [1.807, 2.05) is 18.4 Å². The van der Waals surface area contributed by atoms with Crippen LogP contribution in [-0.2, 0) is 11.2 Å². The van der Waals surface area contributed by atoms with Gasteiger partial charge in [0.2, 0.25) is 0 Å². The van der Waals surface area contributed by atoms with Crippen molar-refractivity contribution < 1.29 is 9.90 Å². The van der Waals surface area contributed by atoms with E-state index in [1.165, 1.54) is 4.88 Å². The van der Waals surface area contributed by atoms with Crippen LogP contribution in [0.25, 0.3) is 0 Å². The second-order valence-corrected chi connectivity index (χ2v) is 5.61. The Bertz CT molecular complexity index is 341. The van der Waals surface area contributed by atoms with Crippen molar-refractivity contribution in [1.82, 2.24) is 0 Å². The van der Waals surface area contributed by atoms with Crippen molar-refractivity contribution in [1.29, 1.82) is 0 Å². The minimum atomic E-state index is -0.624. The lowest BCUT2D eigenvalue weighted by molar-refractivity contribution is -0.149. The average Bonchev–Trinajstić information content (AvgIpc) is 2.93. The van der Waals surface area contributed by atoms with Crippen molar-refractivity contribution in [2.24, 2.45) is 11.3 Å². The van der Waals surface area contributed by atoms with E-state index in [1.54, 1.807) is 11.3 Å². The number of rotatable bonds is 5. The molecule has 1 aromatic rings. The van der Waals surface area contributed by atoms with Crippen molar-refractivity contribution in [3.63, 3.8) is 0 Å². The maximum absolute atomic E-state index is 11.3. The van der Waals surface area contributed by atoms with Crippen LogP contribution in [0.4, 0.5) is 0 Å². The molecule has 15 heavy (non-hydrogen) atoms. The molecule has 0 aromatic carbocycles. The van der Waals surface area contributed by atoms with E-state index >= 15 is 0 Å². The molecule has 1 unspecified atom stereocenters. The number of aryl methyl sites for hydroxylation is 1. The summed E-state index contributed by atoms with van der Waals surface area (Å²) in [6.45, 7) is 1.90. The summed E-state index contributed by atoms with van der Waals surface area (Å²) < 4.78 is 0. The Morgan fingerprint density at radius 2 is 2.40 bits per heavy atom. The Kier molecular flexibility index (Phi) is 2.83. The van der Waals surface area contributed by atoms with Crippen LogP contribution in [0.3, 0.4) is 0 Å². The molecule has 1 aliphatic carbocycles. The fourth-order valence-electron chi connectivity index (χ4n) is 2.04. The lowest BCUT2D eigenvalue weighted by atomic mass is 9.80. The molecule has 0 saturated heterocycles. The molecule has 82 valence electrons. The Morgan fingerprint density at radius 1 is 1.67 bits per heavy atom. The molecule has 1 aliphatic rings. The first kappa shape index (κ1) is 10.7. The summed E-state index contributed by atoms with van der Waals surface area (Å²) in [6, 6.07) is 4.11. The summed E-state index contributed by atoms with van der Waals surface area (Å²) in [6.07, 6.45) is 3.85. The molecule has 1 heterocycles. The fraction of sp³-hybridized carbons (Fsp3) is 0.583. The molecular formula is C12H16O2S. The Morgan fingerprint density at radius 3 is 2.87 bits per heavy atom. The largest absolute Gasteiger partial charge is 0.481 e. The van der Waals surface area contributed by atoms with Gasteiger partial charge in [0.25, 0.3) is 0 Å². The van der Waals surface area contributed by atoms with Crippen LogP contribution in [0.15, 0.2) is 17.5 Å². The van der Waals surface area contributed by atoms with Crippen molar-refractivity contribution in [2.45, 2.75) is 32.6 Å². The molecule has 1 N–H and O–H groups in total. The van der Waals surface area contributed by atoms with Gasteiger partial charge < -0.3 is 5.11 Å². The molecule has 1 saturated carbocycles. The number of carbonyl (C=O) groups is 1. The van der Waals surface area contributed by atoms with Gasteiger partial charge in [0.15, 0.2) is 0 Å². The standard InChI is InChI=1S/C12H16O2S/c1-12(11(13)14,9-4-5-9)7-6-10-3-2-8-15-10/h2-3,8-9H,4-7H2,1H3,(H,13,14). The first-order valence-corrected chi connectivity index (χ1v) is 6.26. The summed E-state index contributed by atoms with van der Waals surface area (Å²) in [5, 5.41) is 11.3. The highest BCUT2D eigenvalue weighted by atomic mass is 32.1. The maximum Gasteiger partial charge on any atom is 0.309 e. The molecule has 0 aliphatic heterocycles. The predicted octanol–water partition coefficient (Wildman–Crippen LogP) is 3.18. The second kappa shape index (κ2) is 3.97. The van der Waals surface area contributed by atoms with Gasteiger partial charge in [-0.15, -0.1) is 11.3 Å². The monoisotopic (exact) mass is 224 g/mol. The molecule has 2 rings (SSSR count). The van der Waals surface area contributed by atoms with E-state index in [0.717, 1.165) is 25.7 Å². The van der Waals surface area contributed by atoms with E-state index < -0.39 is 11.4 Å². The summed E-state index contributed by atoms with van der Waals surface area (Å²) in [4.78, 5) is 12.6. The third kappa shape index (κ3) is 2.23. The molecule has 0 bridgehead atoms. The van der Waals surface area contributed by atoms with Crippen molar-refractivity contribution in [2.75, 3.05) is 0 Å². The van der Waals surface area contributed by atoms with Gasteiger partial charge in [-0.05, 0) is 50.0 Å². The predicted molar refractivity (Wildman–Crippen MR) is 61.1 cm³/mol. The first-order valence-electron chi connectivity index (χ1n) is 5.39. The zero-order chi connectivity index (χ0) is 10.9. The highest BCUT2D eigenvalue weighted by Crippen LogP contribution is 2.48. The number of thiophene rings is 1. The van der Waals surface area contributed by atoms with E-state index in [2.05, 4.69) is 6.07 Å². The summed E-state index contributed by atoms with van der Waals surface area (Å²) in [7, 11) is 0. The molecule has 3 heteroatoms. The van der Waals surface area contributed by atoms with E-state index in [-0.39, 0.29) is 0 Å². The second-order valence-electron chi connectivity index (χ2n) is 4.58. The van der Waals surface area contributed by atoms with Crippen LogP contribution in [0, 0.1) is 11.3 Å². The Balaban J connectivity index is 1.98. The molecular weight excluding hydrogens is 208 g/mol. The van der Waals surface area contributed by atoms with Crippen LogP contribution in [-0.4, -0.2) is 11.1 Å². The number of hydrogen-bond acceptors (Lipinski definition) is 2. The van der Waals surface area contributed by atoms with Gasteiger partial charge in [0.1, 0.15) is 0 Å². The molecule has 0 radical (unpaired) electrons. The summed E-state index contributed by atoms with van der Waals surface area (Å²) in [5.41, 5.74) is -0.496. The lowest BCUT2D eigenvalue weighted by Crippen LogP contribution is -2.30. The topological polar surface area (TPSA) is 37.3 Å². The van der Waals surface area contributed by atoms with E-state index in [9.17, 15) is 9.90 Å². The highest BCUT2D eigenvalue weighted by molar-refractivity contribution is 7.09. The molecule has 0 amide bonds. The van der Waals surface area contributed by atoms with Crippen molar-refractivity contribution >= 4 is 17.3 Å². The lowest BCUT2D eigenvalue weighted by Gasteiger charge is -2.24. The number of carboxylic acids is 1. The van der Waals surface area contributed by atoms with Gasteiger partial charge in [0.05, 0.1) is 5.41 Å². The van der Waals surface area contributed by atoms with Gasteiger partial charge in [-0.2, -0.15) is 0 Å². The Labute approximate surface area is 93.9 Å². The van der Waals surface area contributed by atoms with Crippen LogP contribution in [0.5, 0.6) is 0 Å². The number of aliphatic carboxylic acids is 1. The molecule has 1 atom stereocenters. The maximum atomic E-state index is 11.3. The normalized spacial score (nSPS) is 19.8. The van der Waals surface area contributed by atoms with Crippen LogP contribution >= 0.6 is 11.3 Å². The minimum absolute atomic E-state index is 0.412. The number of carboxylic acid groups (broad SMARTS) is 1. The SMILES string of the molecule is CC(CCc1cccs1)(C(=O)O)C1CC1. The minimum Gasteiger partial charge on any atom is -0.481 e. The Hall–Kier alpha value is -0.830. The molecule has 1 aromatic heterocycles. The van der Waals surface area contributed by atoms with Gasteiger partial charge in [-0.1, -0.05) is 6.07 Å². The summed E-state index contributed by atoms with van der Waals surface area (Å²) >= 11 is 1.71. The van der Waals surface area contributed by atoms with Crippen LogP contribution in [0.2, 0.25) is 0 Å². The van der Waals surface area contributed by atoms with Gasteiger partial charge in [0, 0.05) is 4.88 Å². The zero-order valence-electron chi connectivity index (χ0n) is 8.90. The van der Waals surface area contributed by atoms with Crippen molar-refractivity contribution in [3.05, 3.63) is 22.4 Å². The quantitative estimate of drug-likeness (QED) is 0.834. The fourth-order valence-corrected chi connectivity index (χ4v) is 2.75.